The fraction of sp³-hybridized carbons (Fsp3) is 0.909. The second-order valence-electron chi connectivity index (χ2n) is 3.72. The van der Waals surface area contributed by atoms with Gasteiger partial charge in [0.2, 0.25) is 0 Å². The molecular weight excluding hydrogens is 132 g/mol. The predicted octanol–water partition coefficient (Wildman–Crippen LogP) is 4.06. The maximum atomic E-state index is 4.08. The van der Waals surface area contributed by atoms with E-state index in [-0.39, 0.29) is 0 Å². The fourth-order valence-corrected chi connectivity index (χ4v) is 1.16. The van der Waals surface area contributed by atoms with Crippen molar-refractivity contribution in [1.29, 1.82) is 0 Å². The van der Waals surface area contributed by atoms with Crippen molar-refractivity contribution in [1.82, 2.24) is 0 Å². The topological polar surface area (TPSA) is 0 Å². The van der Waals surface area contributed by atoms with E-state index in [1.54, 1.807) is 0 Å². The van der Waals surface area contributed by atoms with Gasteiger partial charge in [0.1, 0.15) is 0 Å². The maximum absolute atomic E-state index is 4.08. The first-order valence-electron chi connectivity index (χ1n) is 5.03. The average Bonchev–Trinajstić information content (AvgIpc) is 2.04. The maximum Gasteiger partial charge on any atom is -0.0417 e. The van der Waals surface area contributed by atoms with Gasteiger partial charge in [-0.2, -0.15) is 0 Å². The molecule has 0 fully saturated rings. The second kappa shape index (κ2) is 6.69. The lowest BCUT2D eigenvalue weighted by Crippen LogP contribution is -1.96. The highest BCUT2D eigenvalue weighted by Gasteiger charge is 2.01. The molecule has 0 aliphatic carbocycles. The van der Waals surface area contributed by atoms with Gasteiger partial charge in [-0.15, -0.1) is 0 Å². The molecule has 0 heteroatoms. The molecule has 2 atom stereocenters. The van der Waals surface area contributed by atoms with E-state index in [0.29, 0.717) is 5.92 Å². The Morgan fingerprint density at radius 3 is 2.18 bits per heavy atom. The van der Waals surface area contributed by atoms with Gasteiger partial charge in [0.25, 0.3) is 0 Å². The average molecular weight is 155 g/mol. The van der Waals surface area contributed by atoms with Crippen molar-refractivity contribution in [2.75, 3.05) is 0 Å². The van der Waals surface area contributed by atoms with Crippen LogP contribution in [0.2, 0.25) is 0 Å². The highest BCUT2D eigenvalue weighted by Crippen LogP contribution is 2.16. The van der Waals surface area contributed by atoms with Crippen LogP contribution < -0.4 is 0 Å². The quantitative estimate of drug-likeness (QED) is 0.542. The molecule has 0 N–H and O–H groups in total. The summed E-state index contributed by atoms with van der Waals surface area (Å²) in [5, 5.41) is 0. The number of hydrogen-bond donors (Lipinski definition) is 0. The Hall–Kier alpha value is 0. The van der Waals surface area contributed by atoms with E-state index in [9.17, 15) is 0 Å². The van der Waals surface area contributed by atoms with E-state index >= 15 is 0 Å². The summed E-state index contributed by atoms with van der Waals surface area (Å²) in [6.45, 7) is 10.9. The molecular formula is C11H23. The van der Waals surface area contributed by atoms with Gasteiger partial charge in [0.05, 0.1) is 0 Å². The molecule has 1 radical (unpaired) electrons. The Morgan fingerprint density at radius 2 is 1.73 bits per heavy atom. The van der Waals surface area contributed by atoms with Gasteiger partial charge < -0.3 is 0 Å². The van der Waals surface area contributed by atoms with Crippen LogP contribution in [0.1, 0.15) is 52.9 Å². The highest BCUT2D eigenvalue weighted by molar-refractivity contribution is 4.60. The Labute approximate surface area is 72.4 Å². The van der Waals surface area contributed by atoms with Gasteiger partial charge in [-0.3, -0.25) is 0 Å². The summed E-state index contributed by atoms with van der Waals surface area (Å²) in [4.78, 5) is 0. The van der Waals surface area contributed by atoms with Crippen LogP contribution in [0.25, 0.3) is 0 Å². The van der Waals surface area contributed by atoms with Crippen molar-refractivity contribution in [3.63, 3.8) is 0 Å². The van der Waals surface area contributed by atoms with E-state index in [1.807, 2.05) is 0 Å². The Kier molecular flexibility index (Phi) is 6.69. The first-order valence-corrected chi connectivity index (χ1v) is 5.03. The standard InChI is InChI=1S/C11H23/c1-5-10(3)8-7-9-11(4)6-2/h10-11H,3,5-9H2,1-2,4H3. The SMILES string of the molecule is [CH2]C(CC)CCCC(C)CC. The summed E-state index contributed by atoms with van der Waals surface area (Å²) in [6, 6.07) is 0. The van der Waals surface area contributed by atoms with Gasteiger partial charge in [-0.1, -0.05) is 59.8 Å². The highest BCUT2D eigenvalue weighted by atomic mass is 14.1. The van der Waals surface area contributed by atoms with E-state index in [4.69, 9.17) is 0 Å². The first-order chi connectivity index (χ1) is 5.20. The molecule has 0 bridgehead atoms. The summed E-state index contributed by atoms with van der Waals surface area (Å²) < 4.78 is 0. The molecule has 0 aliphatic heterocycles. The molecule has 0 rings (SSSR count). The predicted molar refractivity (Wildman–Crippen MR) is 52.4 cm³/mol. The lowest BCUT2D eigenvalue weighted by molar-refractivity contribution is 0.446. The Morgan fingerprint density at radius 1 is 1.09 bits per heavy atom. The molecule has 11 heavy (non-hydrogen) atoms. The molecule has 67 valence electrons. The minimum absolute atomic E-state index is 0.694. The second-order valence-corrected chi connectivity index (χ2v) is 3.72. The van der Waals surface area contributed by atoms with E-state index in [1.165, 1.54) is 32.1 Å². The monoisotopic (exact) mass is 155 g/mol. The van der Waals surface area contributed by atoms with Crippen molar-refractivity contribution in [2.24, 2.45) is 11.8 Å². The van der Waals surface area contributed by atoms with Crippen molar-refractivity contribution >= 4 is 0 Å². The van der Waals surface area contributed by atoms with E-state index in [2.05, 4.69) is 27.7 Å². The van der Waals surface area contributed by atoms with Gasteiger partial charge in [0, 0.05) is 0 Å². The minimum Gasteiger partial charge on any atom is -0.0651 e. The molecule has 0 aromatic heterocycles. The summed E-state index contributed by atoms with van der Waals surface area (Å²) in [6.07, 6.45) is 6.65. The van der Waals surface area contributed by atoms with Gasteiger partial charge in [-0.05, 0) is 11.8 Å². The van der Waals surface area contributed by atoms with Crippen LogP contribution in [0.4, 0.5) is 0 Å². The molecule has 0 aromatic rings. The molecule has 0 heterocycles. The van der Waals surface area contributed by atoms with Crippen molar-refractivity contribution in [3.8, 4) is 0 Å². The van der Waals surface area contributed by atoms with Crippen LogP contribution in [0.5, 0.6) is 0 Å². The van der Waals surface area contributed by atoms with Gasteiger partial charge in [0.15, 0.2) is 0 Å². The molecule has 0 saturated heterocycles. The third-order valence-corrected chi connectivity index (χ3v) is 2.58. The van der Waals surface area contributed by atoms with Crippen molar-refractivity contribution in [2.45, 2.75) is 52.9 Å². The molecule has 0 spiro atoms. The lowest BCUT2D eigenvalue weighted by Gasteiger charge is -2.10. The largest absolute Gasteiger partial charge is 0.0651 e. The van der Waals surface area contributed by atoms with Crippen LogP contribution in [0.15, 0.2) is 0 Å². The van der Waals surface area contributed by atoms with Crippen molar-refractivity contribution < 1.29 is 0 Å². The summed E-state index contributed by atoms with van der Waals surface area (Å²) in [7, 11) is 0. The summed E-state index contributed by atoms with van der Waals surface area (Å²) in [5.74, 6) is 1.61. The number of rotatable bonds is 6. The van der Waals surface area contributed by atoms with E-state index in [0.717, 1.165) is 5.92 Å². The van der Waals surface area contributed by atoms with Gasteiger partial charge in [-0.25, -0.2) is 0 Å². The molecule has 2 unspecified atom stereocenters. The van der Waals surface area contributed by atoms with Crippen LogP contribution in [0.3, 0.4) is 0 Å². The smallest absolute Gasteiger partial charge is 0.0417 e. The summed E-state index contributed by atoms with van der Waals surface area (Å²) >= 11 is 0. The third-order valence-electron chi connectivity index (χ3n) is 2.58. The molecule has 0 aromatic carbocycles. The Bertz CT molecular complexity index is 66.1. The lowest BCUT2D eigenvalue weighted by atomic mass is 9.96. The molecule has 0 amide bonds. The van der Waals surface area contributed by atoms with Crippen LogP contribution >= 0.6 is 0 Å². The van der Waals surface area contributed by atoms with Crippen molar-refractivity contribution in [3.05, 3.63) is 6.92 Å². The first kappa shape index (κ1) is 11.0. The third kappa shape index (κ3) is 6.40. The zero-order chi connectivity index (χ0) is 8.69. The summed E-state index contributed by atoms with van der Waals surface area (Å²) in [5.41, 5.74) is 0. The molecule has 0 nitrogen and oxygen atoms in total. The normalized spacial score (nSPS) is 16.4. The molecule has 0 aliphatic rings. The zero-order valence-corrected chi connectivity index (χ0v) is 8.40. The zero-order valence-electron chi connectivity index (χ0n) is 8.40. The minimum atomic E-state index is 0.694. The number of hydrogen-bond acceptors (Lipinski definition) is 0. The van der Waals surface area contributed by atoms with Crippen LogP contribution in [0, 0.1) is 18.8 Å². The van der Waals surface area contributed by atoms with Crippen LogP contribution in [-0.2, 0) is 0 Å². The van der Waals surface area contributed by atoms with Crippen LogP contribution in [-0.4, -0.2) is 0 Å². The van der Waals surface area contributed by atoms with E-state index < -0.39 is 0 Å². The molecule has 0 saturated carbocycles. The van der Waals surface area contributed by atoms with Gasteiger partial charge >= 0.3 is 0 Å². The fourth-order valence-electron chi connectivity index (χ4n) is 1.16. The Balaban J connectivity index is 3.13.